The van der Waals surface area contributed by atoms with Crippen molar-refractivity contribution in [1.29, 1.82) is 0 Å². The first-order valence-corrected chi connectivity index (χ1v) is 5.65. The molecule has 14 heavy (non-hydrogen) atoms. The van der Waals surface area contributed by atoms with Gasteiger partial charge in [0.15, 0.2) is 0 Å². The van der Waals surface area contributed by atoms with Crippen LogP contribution in [-0.4, -0.2) is 16.8 Å². The molecule has 4 heteroatoms. The van der Waals surface area contributed by atoms with Gasteiger partial charge < -0.3 is 5.11 Å². The topological polar surface area (TPSA) is 37.3 Å². The van der Waals surface area contributed by atoms with Gasteiger partial charge >= 0.3 is 5.97 Å². The van der Waals surface area contributed by atoms with Gasteiger partial charge in [0.25, 0.3) is 0 Å². The minimum Gasteiger partial charge on any atom is -0.481 e. The van der Waals surface area contributed by atoms with Gasteiger partial charge in [0.05, 0.1) is 0 Å². The summed E-state index contributed by atoms with van der Waals surface area (Å²) in [6, 6.07) is 7.56. The van der Waals surface area contributed by atoms with E-state index in [0.717, 1.165) is 10.6 Å². The van der Waals surface area contributed by atoms with E-state index in [2.05, 4.69) is 0 Å². The van der Waals surface area contributed by atoms with Crippen molar-refractivity contribution in [2.75, 3.05) is 5.75 Å². The van der Waals surface area contributed by atoms with Crippen LogP contribution >= 0.6 is 23.4 Å². The monoisotopic (exact) mass is 230 g/mol. The summed E-state index contributed by atoms with van der Waals surface area (Å²) < 4.78 is 0. The number of carboxylic acids is 1. The molecule has 1 N–H and O–H groups in total. The van der Waals surface area contributed by atoms with E-state index in [9.17, 15) is 4.79 Å². The highest BCUT2D eigenvalue weighted by Crippen LogP contribution is 2.22. The zero-order chi connectivity index (χ0) is 10.4. The lowest BCUT2D eigenvalue weighted by Crippen LogP contribution is -1.94. The zero-order valence-electron chi connectivity index (χ0n) is 7.57. The maximum Gasteiger partial charge on any atom is 0.303 e. The number of rotatable bonds is 5. The number of benzene rings is 1. The molecule has 1 rings (SSSR count). The van der Waals surface area contributed by atoms with Gasteiger partial charge in [0.1, 0.15) is 0 Å². The molecule has 0 aliphatic carbocycles. The molecule has 0 amide bonds. The largest absolute Gasteiger partial charge is 0.481 e. The summed E-state index contributed by atoms with van der Waals surface area (Å²) in [5.41, 5.74) is 0. The van der Waals surface area contributed by atoms with Gasteiger partial charge in [-0.05, 0) is 30.4 Å². The Bertz CT molecular complexity index is 315. The average Bonchev–Trinajstić information content (AvgIpc) is 2.12. The van der Waals surface area contributed by atoms with Gasteiger partial charge in [-0.3, -0.25) is 4.79 Å². The molecule has 0 aliphatic heterocycles. The predicted octanol–water partition coefficient (Wildman–Crippen LogP) is 3.30. The summed E-state index contributed by atoms with van der Waals surface area (Å²) in [4.78, 5) is 11.3. The van der Waals surface area contributed by atoms with Gasteiger partial charge in [0.2, 0.25) is 0 Å². The van der Waals surface area contributed by atoms with Crippen molar-refractivity contribution in [2.24, 2.45) is 0 Å². The minimum atomic E-state index is -0.739. The summed E-state index contributed by atoms with van der Waals surface area (Å²) >= 11 is 7.43. The fraction of sp³-hybridized carbons (Fsp3) is 0.300. The Balaban J connectivity index is 2.28. The van der Waals surface area contributed by atoms with Crippen LogP contribution in [0.15, 0.2) is 29.2 Å². The van der Waals surface area contributed by atoms with Crippen LogP contribution < -0.4 is 0 Å². The van der Waals surface area contributed by atoms with E-state index >= 15 is 0 Å². The number of aliphatic carboxylic acids is 1. The maximum absolute atomic E-state index is 10.2. The first-order valence-electron chi connectivity index (χ1n) is 4.28. The Morgan fingerprint density at radius 2 is 2.29 bits per heavy atom. The van der Waals surface area contributed by atoms with E-state index in [1.165, 1.54) is 0 Å². The second-order valence-corrected chi connectivity index (χ2v) is 4.41. The molecular weight excluding hydrogens is 220 g/mol. The van der Waals surface area contributed by atoms with E-state index in [1.807, 2.05) is 24.3 Å². The lowest BCUT2D eigenvalue weighted by atomic mass is 10.3. The summed E-state index contributed by atoms with van der Waals surface area (Å²) in [5.74, 6) is 0.0730. The van der Waals surface area contributed by atoms with E-state index in [4.69, 9.17) is 16.7 Å². The van der Waals surface area contributed by atoms with E-state index in [-0.39, 0.29) is 6.42 Å². The standard InChI is InChI=1S/C10H11ClO2S/c11-8-3-1-4-9(7-8)14-6-2-5-10(12)13/h1,3-4,7H,2,5-6H2,(H,12,13). The van der Waals surface area contributed by atoms with Crippen LogP contribution in [0.5, 0.6) is 0 Å². The van der Waals surface area contributed by atoms with Crippen LogP contribution in [0.1, 0.15) is 12.8 Å². The van der Waals surface area contributed by atoms with Crippen molar-refractivity contribution < 1.29 is 9.90 Å². The van der Waals surface area contributed by atoms with Crippen LogP contribution in [-0.2, 0) is 4.79 Å². The van der Waals surface area contributed by atoms with Crippen LogP contribution in [0.4, 0.5) is 0 Å². The maximum atomic E-state index is 10.2. The number of thioether (sulfide) groups is 1. The summed E-state index contributed by atoms with van der Waals surface area (Å²) in [7, 11) is 0. The molecule has 0 spiro atoms. The molecule has 0 radical (unpaired) electrons. The third kappa shape index (κ3) is 4.53. The average molecular weight is 231 g/mol. The van der Waals surface area contributed by atoms with Crippen molar-refractivity contribution in [2.45, 2.75) is 17.7 Å². The van der Waals surface area contributed by atoms with Crippen molar-refractivity contribution in [3.05, 3.63) is 29.3 Å². The molecule has 0 heterocycles. The number of hydrogen-bond acceptors (Lipinski definition) is 2. The zero-order valence-corrected chi connectivity index (χ0v) is 9.14. The SMILES string of the molecule is O=C(O)CCCSc1cccc(Cl)c1. The van der Waals surface area contributed by atoms with Gasteiger partial charge in [0, 0.05) is 16.3 Å². The van der Waals surface area contributed by atoms with Crippen molar-refractivity contribution in [3.63, 3.8) is 0 Å². The van der Waals surface area contributed by atoms with E-state index in [1.54, 1.807) is 11.8 Å². The Kier molecular flexibility index (Phi) is 4.84. The number of carbonyl (C=O) groups is 1. The van der Waals surface area contributed by atoms with Crippen LogP contribution in [0.25, 0.3) is 0 Å². The Morgan fingerprint density at radius 1 is 1.50 bits per heavy atom. The molecule has 0 bridgehead atoms. The smallest absolute Gasteiger partial charge is 0.303 e. The Hall–Kier alpha value is -0.670. The van der Waals surface area contributed by atoms with Gasteiger partial charge in [-0.15, -0.1) is 11.8 Å². The molecule has 0 aromatic heterocycles. The molecule has 0 atom stereocenters. The third-order valence-corrected chi connectivity index (χ3v) is 2.91. The molecule has 0 aliphatic rings. The third-order valence-electron chi connectivity index (χ3n) is 1.60. The van der Waals surface area contributed by atoms with E-state index < -0.39 is 5.97 Å². The van der Waals surface area contributed by atoms with Gasteiger partial charge in [-0.1, -0.05) is 17.7 Å². The quantitative estimate of drug-likeness (QED) is 0.623. The molecule has 0 saturated carbocycles. The van der Waals surface area contributed by atoms with Crippen molar-refractivity contribution in [3.8, 4) is 0 Å². The summed E-state index contributed by atoms with van der Waals surface area (Å²) in [6.07, 6.45) is 0.917. The summed E-state index contributed by atoms with van der Waals surface area (Å²) in [6.45, 7) is 0. The molecular formula is C10H11ClO2S. The molecule has 0 fully saturated rings. The van der Waals surface area contributed by atoms with Gasteiger partial charge in [-0.2, -0.15) is 0 Å². The normalized spacial score (nSPS) is 10.1. The number of halogens is 1. The highest BCUT2D eigenvalue weighted by atomic mass is 35.5. The Labute approximate surface area is 92.3 Å². The van der Waals surface area contributed by atoms with Crippen LogP contribution in [0.2, 0.25) is 5.02 Å². The molecule has 2 nitrogen and oxygen atoms in total. The second kappa shape index (κ2) is 5.94. The van der Waals surface area contributed by atoms with Crippen LogP contribution in [0, 0.1) is 0 Å². The fourth-order valence-electron chi connectivity index (χ4n) is 0.970. The molecule has 1 aromatic carbocycles. The second-order valence-electron chi connectivity index (χ2n) is 2.80. The van der Waals surface area contributed by atoms with Crippen molar-refractivity contribution >= 4 is 29.3 Å². The Morgan fingerprint density at radius 3 is 2.93 bits per heavy atom. The van der Waals surface area contributed by atoms with Crippen LogP contribution in [0.3, 0.4) is 0 Å². The lowest BCUT2D eigenvalue weighted by molar-refractivity contribution is -0.137. The fourth-order valence-corrected chi connectivity index (χ4v) is 2.13. The molecule has 0 unspecified atom stereocenters. The predicted molar refractivity (Wildman–Crippen MR) is 59.0 cm³/mol. The highest BCUT2D eigenvalue weighted by Gasteiger charge is 1.98. The highest BCUT2D eigenvalue weighted by molar-refractivity contribution is 7.99. The molecule has 1 aromatic rings. The van der Waals surface area contributed by atoms with E-state index in [0.29, 0.717) is 11.4 Å². The molecule has 76 valence electrons. The van der Waals surface area contributed by atoms with Gasteiger partial charge in [-0.25, -0.2) is 0 Å². The molecule has 0 saturated heterocycles. The van der Waals surface area contributed by atoms with Crippen molar-refractivity contribution in [1.82, 2.24) is 0 Å². The lowest BCUT2D eigenvalue weighted by Gasteiger charge is -2.00. The first kappa shape index (κ1) is 11.4. The first-order chi connectivity index (χ1) is 6.68. The summed E-state index contributed by atoms with van der Waals surface area (Å²) in [5, 5.41) is 9.14. The number of hydrogen-bond donors (Lipinski definition) is 1. The minimum absolute atomic E-state index is 0.230. The number of carboxylic acid groups (broad SMARTS) is 1.